The van der Waals surface area contributed by atoms with Crippen LogP contribution in [0.15, 0.2) is 0 Å². The lowest BCUT2D eigenvalue weighted by molar-refractivity contribution is -0.126. The Morgan fingerprint density at radius 2 is 2.08 bits per heavy atom. The second-order valence-corrected chi connectivity index (χ2v) is 2.24. The van der Waals surface area contributed by atoms with E-state index >= 15 is 0 Å². The number of methoxy groups -OCH3 is 1. The smallest absolute Gasteiger partial charge is 0.416 e. The molecule has 5 heteroatoms. The van der Waals surface area contributed by atoms with Gasteiger partial charge in [-0.25, -0.2) is 9.69 Å². The molecule has 0 aliphatic rings. The molecule has 5 nitrogen and oxygen atoms in total. The van der Waals surface area contributed by atoms with Gasteiger partial charge >= 0.3 is 6.09 Å². The van der Waals surface area contributed by atoms with Gasteiger partial charge in [-0.15, -0.1) is 0 Å². The van der Waals surface area contributed by atoms with Crippen molar-refractivity contribution in [2.24, 2.45) is 0 Å². The molecule has 0 saturated carbocycles. The fourth-order valence-electron chi connectivity index (χ4n) is 0.711. The Balaban J connectivity index is 4.04. The maximum absolute atomic E-state index is 10.9. The van der Waals surface area contributed by atoms with Gasteiger partial charge in [0.15, 0.2) is 0 Å². The van der Waals surface area contributed by atoms with Gasteiger partial charge in [-0.1, -0.05) is 0 Å². The number of carbonyl (C=O) groups is 2. The van der Waals surface area contributed by atoms with Crippen LogP contribution >= 0.6 is 0 Å². The number of likely N-dealkylation sites (N-methyl/N-ethyl adjacent to an activating group) is 1. The van der Waals surface area contributed by atoms with Crippen LogP contribution in [-0.4, -0.2) is 44.1 Å². The predicted molar refractivity (Wildman–Crippen MR) is 43.7 cm³/mol. The first kappa shape index (κ1) is 10.9. The van der Waals surface area contributed by atoms with Crippen LogP contribution in [0.4, 0.5) is 4.79 Å². The maximum Gasteiger partial charge on any atom is 0.416 e. The summed E-state index contributed by atoms with van der Waals surface area (Å²) in [5.41, 5.74) is 0. The van der Waals surface area contributed by atoms with Gasteiger partial charge in [0, 0.05) is 20.0 Å². The molecule has 0 aromatic carbocycles. The molecule has 1 N–H and O–H groups in total. The van der Waals surface area contributed by atoms with Crippen molar-refractivity contribution in [3.05, 3.63) is 0 Å². The van der Waals surface area contributed by atoms with Gasteiger partial charge in [0.1, 0.15) is 0 Å². The van der Waals surface area contributed by atoms with Gasteiger partial charge in [0.2, 0.25) is 5.91 Å². The van der Waals surface area contributed by atoms with E-state index in [4.69, 9.17) is 0 Å². The van der Waals surface area contributed by atoms with Crippen molar-refractivity contribution in [2.45, 2.75) is 6.92 Å². The zero-order valence-corrected chi connectivity index (χ0v) is 7.59. The first-order chi connectivity index (χ1) is 5.63. The van der Waals surface area contributed by atoms with Gasteiger partial charge in [0.25, 0.3) is 0 Å². The van der Waals surface area contributed by atoms with E-state index in [1.807, 2.05) is 0 Å². The summed E-state index contributed by atoms with van der Waals surface area (Å²) in [6.45, 7) is 2.22. The Kier molecular flexibility index (Phi) is 5.03. The minimum Gasteiger partial charge on any atom is -0.452 e. The predicted octanol–water partition coefficient (Wildman–Crippen LogP) is -0.179. The molecular weight excluding hydrogens is 160 g/mol. The van der Waals surface area contributed by atoms with Crippen molar-refractivity contribution < 1.29 is 14.3 Å². The third-order valence-electron chi connectivity index (χ3n) is 1.36. The molecule has 0 radical (unpaired) electrons. The zero-order valence-electron chi connectivity index (χ0n) is 7.59. The highest BCUT2D eigenvalue weighted by Crippen LogP contribution is 1.92. The largest absolute Gasteiger partial charge is 0.452 e. The standard InChI is InChI=1S/C7H14N2O3/c1-6(10)9(5-4-8-2)7(11)12-3/h8H,4-5H2,1-3H3. The summed E-state index contributed by atoms with van der Waals surface area (Å²) < 4.78 is 4.41. The molecule has 2 amide bonds. The van der Waals surface area contributed by atoms with Gasteiger partial charge < -0.3 is 10.1 Å². The van der Waals surface area contributed by atoms with Crippen molar-refractivity contribution in [2.75, 3.05) is 27.2 Å². The minimum absolute atomic E-state index is 0.308. The summed E-state index contributed by atoms with van der Waals surface area (Å²) >= 11 is 0. The Labute approximate surface area is 71.7 Å². The number of ether oxygens (including phenoxy) is 1. The number of hydrogen-bond donors (Lipinski definition) is 1. The van der Waals surface area contributed by atoms with Crippen LogP contribution in [0.5, 0.6) is 0 Å². The molecule has 0 bridgehead atoms. The van der Waals surface area contributed by atoms with Crippen molar-refractivity contribution in [1.29, 1.82) is 0 Å². The summed E-state index contributed by atoms with van der Waals surface area (Å²) in [5, 5.41) is 2.83. The molecule has 0 saturated heterocycles. The van der Waals surface area contributed by atoms with E-state index in [2.05, 4.69) is 10.1 Å². The molecule has 70 valence electrons. The number of nitrogens with one attached hydrogen (secondary N) is 1. The fourth-order valence-corrected chi connectivity index (χ4v) is 0.711. The van der Waals surface area contributed by atoms with E-state index in [-0.39, 0.29) is 5.91 Å². The maximum atomic E-state index is 10.9. The number of carbonyl (C=O) groups excluding carboxylic acids is 2. The van der Waals surface area contributed by atoms with Crippen LogP contribution in [0.1, 0.15) is 6.92 Å². The van der Waals surface area contributed by atoms with E-state index in [1.54, 1.807) is 7.05 Å². The number of imide groups is 1. The molecule has 0 fully saturated rings. The molecule has 0 heterocycles. The molecular formula is C7H14N2O3. The highest BCUT2D eigenvalue weighted by Gasteiger charge is 2.16. The average molecular weight is 174 g/mol. The normalized spacial score (nSPS) is 9.25. The third-order valence-corrected chi connectivity index (χ3v) is 1.36. The summed E-state index contributed by atoms with van der Waals surface area (Å²) in [6.07, 6.45) is -0.613. The molecule has 0 aromatic rings. The first-order valence-corrected chi connectivity index (χ1v) is 3.64. The van der Waals surface area contributed by atoms with Gasteiger partial charge in [-0.05, 0) is 7.05 Å². The summed E-state index contributed by atoms with van der Waals surface area (Å²) in [4.78, 5) is 22.8. The lowest BCUT2D eigenvalue weighted by Crippen LogP contribution is -2.39. The van der Waals surface area contributed by atoms with Crippen molar-refractivity contribution in [3.63, 3.8) is 0 Å². The Morgan fingerprint density at radius 3 is 2.42 bits per heavy atom. The van der Waals surface area contributed by atoms with E-state index in [0.717, 1.165) is 4.90 Å². The Morgan fingerprint density at radius 1 is 1.50 bits per heavy atom. The lowest BCUT2D eigenvalue weighted by atomic mass is 10.5. The van der Waals surface area contributed by atoms with Gasteiger partial charge in [-0.2, -0.15) is 0 Å². The van der Waals surface area contributed by atoms with Crippen molar-refractivity contribution >= 4 is 12.0 Å². The summed E-state index contributed by atoms with van der Waals surface area (Å²) in [6, 6.07) is 0. The highest BCUT2D eigenvalue weighted by atomic mass is 16.5. The van der Waals surface area contributed by atoms with E-state index in [1.165, 1.54) is 14.0 Å². The van der Waals surface area contributed by atoms with Crippen LogP contribution in [0.2, 0.25) is 0 Å². The van der Waals surface area contributed by atoms with Crippen molar-refractivity contribution in [3.8, 4) is 0 Å². The van der Waals surface area contributed by atoms with E-state index < -0.39 is 6.09 Å². The number of hydrogen-bond acceptors (Lipinski definition) is 4. The zero-order chi connectivity index (χ0) is 9.56. The monoisotopic (exact) mass is 174 g/mol. The third kappa shape index (κ3) is 3.34. The van der Waals surface area contributed by atoms with Crippen LogP contribution in [0.25, 0.3) is 0 Å². The van der Waals surface area contributed by atoms with Crippen LogP contribution < -0.4 is 5.32 Å². The quantitative estimate of drug-likeness (QED) is 0.645. The van der Waals surface area contributed by atoms with Crippen LogP contribution in [0, 0.1) is 0 Å². The molecule has 0 atom stereocenters. The molecule has 12 heavy (non-hydrogen) atoms. The molecule has 0 spiro atoms. The summed E-state index contributed by atoms with van der Waals surface area (Å²) in [5.74, 6) is -0.308. The van der Waals surface area contributed by atoms with Gasteiger partial charge in [-0.3, -0.25) is 4.79 Å². The SMILES string of the molecule is CNCCN(C(C)=O)C(=O)OC. The van der Waals surface area contributed by atoms with Crippen LogP contribution in [-0.2, 0) is 9.53 Å². The lowest BCUT2D eigenvalue weighted by Gasteiger charge is -2.16. The van der Waals surface area contributed by atoms with Gasteiger partial charge in [0.05, 0.1) is 7.11 Å². The topological polar surface area (TPSA) is 58.6 Å². The minimum atomic E-state index is -0.613. The second kappa shape index (κ2) is 5.54. The molecule has 0 unspecified atom stereocenters. The Hall–Kier alpha value is -1.10. The van der Waals surface area contributed by atoms with Crippen molar-refractivity contribution in [1.82, 2.24) is 10.2 Å². The molecule has 0 aliphatic carbocycles. The number of rotatable bonds is 3. The molecule has 0 aliphatic heterocycles. The van der Waals surface area contributed by atoms with E-state index in [9.17, 15) is 9.59 Å². The highest BCUT2D eigenvalue weighted by molar-refractivity contribution is 5.90. The number of amides is 2. The Bertz CT molecular complexity index is 170. The molecule has 0 rings (SSSR count). The average Bonchev–Trinajstić information content (AvgIpc) is 2.04. The summed E-state index contributed by atoms with van der Waals surface area (Å²) in [7, 11) is 2.99. The first-order valence-electron chi connectivity index (χ1n) is 3.64. The second-order valence-electron chi connectivity index (χ2n) is 2.24. The van der Waals surface area contributed by atoms with Crippen LogP contribution in [0.3, 0.4) is 0 Å². The molecule has 0 aromatic heterocycles. The fraction of sp³-hybridized carbons (Fsp3) is 0.714. The number of nitrogens with zero attached hydrogens (tertiary/aromatic N) is 1. The van der Waals surface area contributed by atoms with E-state index in [0.29, 0.717) is 13.1 Å².